The zero-order valence-corrected chi connectivity index (χ0v) is 10.6. The van der Waals surface area contributed by atoms with Crippen LogP contribution in [0.25, 0.3) is 5.69 Å². The van der Waals surface area contributed by atoms with Crippen LogP contribution in [-0.4, -0.2) is 26.1 Å². The number of hydrogen-bond donors (Lipinski definition) is 1. The van der Waals surface area contributed by atoms with Gasteiger partial charge in [0.1, 0.15) is 0 Å². The van der Waals surface area contributed by atoms with Crippen LogP contribution in [0.5, 0.6) is 0 Å². The summed E-state index contributed by atoms with van der Waals surface area (Å²) < 4.78 is 39.0. The molecule has 0 aliphatic heterocycles. The van der Waals surface area contributed by atoms with E-state index in [1.54, 1.807) is 0 Å². The average molecular weight is 336 g/mol. The second kappa shape index (κ2) is 4.65. The van der Waals surface area contributed by atoms with Gasteiger partial charge in [-0.15, -0.1) is 5.10 Å². The van der Waals surface area contributed by atoms with E-state index in [4.69, 9.17) is 5.11 Å². The lowest BCUT2D eigenvalue weighted by Crippen LogP contribution is -2.10. The first-order valence-corrected chi connectivity index (χ1v) is 5.60. The lowest BCUT2D eigenvalue weighted by molar-refractivity contribution is -0.137. The van der Waals surface area contributed by atoms with E-state index in [-0.39, 0.29) is 15.9 Å². The topological polar surface area (TPSA) is 68.0 Å². The fourth-order valence-electron chi connectivity index (χ4n) is 1.43. The van der Waals surface area contributed by atoms with Gasteiger partial charge in [0.2, 0.25) is 0 Å². The van der Waals surface area contributed by atoms with Crippen LogP contribution in [0, 0.1) is 0 Å². The van der Waals surface area contributed by atoms with Gasteiger partial charge >= 0.3 is 12.1 Å². The van der Waals surface area contributed by atoms with Gasteiger partial charge in [-0.25, -0.2) is 9.48 Å². The number of halogens is 4. The van der Waals surface area contributed by atoms with Crippen molar-refractivity contribution in [3.8, 4) is 5.69 Å². The molecule has 0 radical (unpaired) electrons. The number of carbonyl (C=O) groups is 1. The van der Waals surface area contributed by atoms with E-state index in [9.17, 15) is 18.0 Å². The molecule has 2 rings (SSSR count). The molecule has 0 bridgehead atoms. The van der Waals surface area contributed by atoms with Gasteiger partial charge < -0.3 is 5.11 Å². The fraction of sp³-hybridized carbons (Fsp3) is 0.100. The summed E-state index contributed by atoms with van der Waals surface area (Å²) in [5.41, 5.74) is -1.29. The highest BCUT2D eigenvalue weighted by Crippen LogP contribution is 2.32. The zero-order valence-electron chi connectivity index (χ0n) is 9.02. The molecule has 0 saturated carbocycles. The SMILES string of the molecule is O=C(O)c1cnnn1-c1cc(Br)cc(C(F)(F)F)c1. The standard InChI is InChI=1S/C10H5BrF3N3O2/c11-6-1-5(10(12,13)14)2-7(3-6)17-8(9(18)19)4-15-16-17/h1-4H,(H,18,19). The quantitative estimate of drug-likeness (QED) is 0.916. The van der Waals surface area contributed by atoms with Crippen LogP contribution in [0.4, 0.5) is 13.2 Å². The molecule has 100 valence electrons. The van der Waals surface area contributed by atoms with Crippen LogP contribution >= 0.6 is 15.9 Å². The molecule has 0 atom stereocenters. The van der Waals surface area contributed by atoms with Gasteiger partial charge in [-0.05, 0) is 18.2 Å². The summed E-state index contributed by atoms with van der Waals surface area (Å²) in [6, 6.07) is 3.00. The molecule has 1 aromatic heterocycles. The van der Waals surface area contributed by atoms with E-state index in [0.717, 1.165) is 23.0 Å². The van der Waals surface area contributed by atoms with Crippen LogP contribution < -0.4 is 0 Å². The number of benzene rings is 1. The summed E-state index contributed by atoms with van der Waals surface area (Å²) >= 11 is 2.94. The van der Waals surface area contributed by atoms with Crippen molar-refractivity contribution in [1.82, 2.24) is 15.0 Å². The number of aromatic nitrogens is 3. The Labute approximate surface area is 112 Å². The minimum absolute atomic E-state index is 0.0448. The Morgan fingerprint density at radius 1 is 1.32 bits per heavy atom. The molecular formula is C10H5BrF3N3O2. The van der Waals surface area contributed by atoms with Gasteiger partial charge in [-0.2, -0.15) is 13.2 Å². The second-order valence-corrected chi connectivity index (χ2v) is 4.45. The highest BCUT2D eigenvalue weighted by Gasteiger charge is 2.31. The molecule has 0 spiro atoms. The van der Waals surface area contributed by atoms with Crippen LogP contribution in [0.2, 0.25) is 0 Å². The third-order valence-electron chi connectivity index (χ3n) is 2.22. The molecule has 0 aliphatic carbocycles. The predicted octanol–water partition coefficient (Wildman–Crippen LogP) is 2.75. The van der Waals surface area contributed by atoms with E-state index in [1.165, 1.54) is 6.07 Å². The van der Waals surface area contributed by atoms with E-state index >= 15 is 0 Å². The Kier molecular flexibility index (Phi) is 3.31. The van der Waals surface area contributed by atoms with Gasteiger partial charge in [-0.3, -0.25) is 0 Å². The maximum atomic E-state index is 12.7. The lowest BCUT2D eigenvalue weighted by atomic mass is 10.2. The minimum atomic E-state index is -4.54. The molecule has 5 nitrogen and oxygen atoms in total. The van der Waals surface area contributed by atoms with Crippen LogP contribution in [0.1, 0.15) is 16.1 Å². The largest absolute Gasteiger partial charge is 0.476 e. The van der Waals surface area contributed by atoms with E-state index in [2.05, 4.69) is 26.2 Å². The van der Waals surface area contributed by atoms with Crippen molar-refractivity contribution in [2.75, 3.05) is 0 Å². The third kappa shape index (κ3) is 2.75. The molecular weight excluding hydrogens is 331 g/mol. The van der Waals surface area contributed by atoms with Crippen LogP contribution in [0.15, 0.2) is 28.9 Å². The first kappa shape index (κ1) is 13.5. The van der Waals surface area contributed by atoms with Gasteiger partial charge in [0.05, 0.1) is 17.4 Å². The number of rotatable bonds is 2. The molecule has 0 saturated heterocycles. The monoisotopic (exact) mass is 335 g/mol. The summed E-state index contributed by atoms with van der Waals surface area (Å²) in [4.78, 5) is 10.9. The van der Waals surface area contributed by atoms with Crippen molar-refractivity contribution in [2.24, 2.45) is 0 Å². The number of aromatic carboxylic acids is 1. The van der Waals surface area contributed by atoms with Crippen molar-refractivity contribution in [3.63, 3.8) is 0 Å². The van der Waals surface area contributed by atoms with Gasteiger partial charge in [0.15, 0.2) is 5.69 Å². The smallest absolute Gasteiger partial charge is 0.416 e. The van der Waals surface area contributed by atoms with Crippen molar-refractivity contribution < 1.29 is 23.1 Å². The average Bonchev–Trinajstić information content (AvgIpc) is 2.75. The Morgan fingerprint density at radius 3 is 2.58 bits per heavy atom. The molecule has 0 aliphatic rings. The molecule has 0 unspecified atom stereocenters. The van der Waals surface area contributed by atoms with Gasteiger partial charge in [-0.1, -0.05) is 21.1 Å². The summed E-state index contributed by atoms with van der Waals surface area (Å²) in [5, 5.41) is 15.7. The van der Waals surface area contributed by atoms with Crippen molar-refractivity contribution in [2.45, 2.75) is 6.18 Å². The molecule has 19 heavy (non-hydrogen) atoms. The Hall–Kier alpha value is -1.90. The lowest BCUT2D eigenvalue weighted by Gasteiger charge is -2.10. The van der Waals surface area contributed by atoms with Crippen molar-refractivity contribution in [3.05, 3.63) is 40.1 Å². The maximum Gasteiger partial charge on any atom is 0.416 e. The zero-order chi connectivity index (χ0) is 14.2. The number of nitrogens with zero attached hydrogens (tertiary/aromatic N) is 3. The Bertz CT molecular complexity index is 639. The van der Waals surface area contributed by atoms with E-state index < -0.39 is 17.7 Å². The Balaban J connectivity index is 2.60. The highest BCUT2D eigenvalue weighted by atomic mass is 79.9. The first-order valence-electron chi connectivity index (χ1n) is 4.81. The number of hydrogen-bond acceptors (Lipinski definition) is 3. The third-order valence-corrected chi connectivity index (χ3v) is 2.68. The van der Waals surface area contributed by atoms with Crippen LogP contribution in [-0.2, 0) is 6.18 Å². The number of carboxylic acids is 1. The Morgan fingerprint density at radius 2 is 2.00 bits per heavy atom. The van der Waals surface area contributed by atoms with Gasteiger partial charge in [0, 0.05) is 4.47 Å². The summed E-state index contributed by atoms with van der Waals surface area (Å²) in [6.45, 7) is 0. The van der Waals surface area contributed by atoms with Crippen LogP contribution in [0.3, 0.4) is 0 Å². The molecule has 0 amide bonds. The van der Waals surface area contributed by atoms with E-state index in [0.29, 0.717) is 0 Å². The summed E-state index contributed by atoms with van der Waals surface area (Å²) in [7, 11) is 0. The van der Waals surface area contributed by atoms with Crippen molar-refractivity contribution in [1.29, 1.82) is 0 Å². The first-order chi connectivity index (χ1) is 8.79. The summed E-state index contributed by atoms with van der Waals surface area (Å²) in [6.07, 6.45) is -3.58. The van der Waals surface area contributed by atoms with Gasteiger partial charge in [0.25, 0.3) is 0 Å². The maximum absolute atomic E-state index is 12.7. The molecule has 9 heteroatoms. The molecule has 1 aromatic carbocycles. The molecule has 2 aromatic rings. The number of carboxylic acid groups (broad SMARTS) is 1. The molecule has 1 N–H and O–H groups in total. The highest BCUT2D eigenvalue weighted by molar-refractivity contribution is 9.10. The second-order valence-electron chi connectivity index (χ2n) is 3.53. The number of alkyl halides is 3. The predicted molar refractivity (Wildman–Crippen MR) is 61.0 cm³/mol. The minimum Gasteiger partial charge on any atom is -0.476 e. The van der Waals surface area contributed by atoms with Crippen molar-refractivity contribution >= 4 is 21.9 Å². The molecule has 1 heterocycles. The fourth-order valence-corrected chi connectivity index (χ4v) is 1.91. The summed E-state index contributed by atoms with van der Waals surface area (Å²) in [5.74, 6) is -1.33. The van der Waals surface area contributed by atoms with E-state index in [1.807, 2.05) is 0 Å². The normalized spacial score (nSPS) is 11.6. The molecule has 0 fully saturated rings.